The third kappa shape index (κ3) is 4.17. The fourth-order valence-corrected chi connectivity index (χ4v) is 4.65. The first-order valence-electron chi connectivity index (χ1n) is 11.8. The lowest BCUT2D eigenvalue weighted by molar-refractivity contribution is -0.132. The number of Topliss-reactive ketones (excluding diaryl/α,β-unsaturated/α-hetero) is 1. The van der Waals surface area contributed by atoms with Gasteiger partial charge in [0.2, 0.25) is 0 Å². The van der Waals surface area contributed by atoms with Crippen LogP contribution in [-0.4, -0.2) is 36.6 Å². The number of carbonyl (C=O) groups is 2. The highest BCUT2D eigenvalue weighted by Gasteiger charge is 2.47. The van der Waals surface area contributed by atoms with Crippen LogP contribution in [-0.2, 0) is 16.0 Å². The van der Waals surface area contributed by atoms with Gasteiger partial charge in [0.05, 0.1) is 31.4 Å². The van der Waals surface area contributed by atoms with Crippen LogP contribution in [0.25, 0.3) is 5.76 Å². The molecule has 3 aromatic carbocycles. The molecule has 1 N–H and O–H groups in total. The maximum absolute atomic E-state index is 13.4. The minimum atomic E-state index is -0.822. The molecule has 0 saturated carbocycles. The number of anilines is 1. The van der Waals surface area contributed by atoms with Crippen molar-refractivity contribution >= 4 is 23.1 Å². The molecule has 3 aromatic rings. The normalized spacial score (nSPS) is 18.3. The number of amides is 1. The topological polar surface area (TPSA) is 85.3 Å². The summed E-state index contributed by atoms with van der Waals surface area (Å²) in [6.45, 7) is 4.44. The highest BCUT2D eigenvalue weighted by Crippen LogP contribution is 2.43. The van der Waals surface area contributed by atoms with E-state index in [-0.39, 0.29) is 17.4 Å². The zero-order valence-electron chi connectivity index (χ0n) is 20.4. The first-order chi connectivity index (χ1) is 17.4. The van der Waals surface area contributed by atoms with E-state index in [0.29, 0.717) is 34.9 Å². The van der Waals surface area contributed by atoms with Gasteiger partial charge in [0.15, 0.2) is 0 Å². The van der Waals surface area contributed by atoms with Crippen LogP contribution in [0.5, 0.6) is 17.2 Å². The van der Waals surface area contributed by atoms with Gasteiger partial charge in [-0.25, -0.2) is 0 Å². The summed E-state index contributed by atoms with van der Waals surface area (Å²) in [6.07, 6.45) is 0.722. The Balaban J connectivity index is 1.63. The maximum atomic E-state index is 13.4. The third-order valence-electron chi connectivity index (χ3n) is 6.33. The van der Waals surface area contributed by atoms with Gasteiger partial charge < -0.3 is 19.3 Å². The van der Waals surface area contributed by atoms with Crippen LogP contribution < -0.4 is 19.1 Å². The number of ketones is 1. The highest BCUT2D eigenvalue weighted by molar-refractivity contribution is 6.51. The molecule has 0 aliphatic carbocycles. The van der Waals surface area contributed by atoms with Crippen molar-refractivity contribution < 1.29 is 28.9 Å². The maximum Gasteiger partial charge on any atom is 0.300 e. The van der Waals surface area contributed by atoms with Crippen molar-refractivity contribution in [1.82, 2.24) is 0 Å². The van der Waals surface area contributed by atoms with Crippen LogP contribution in [0.4, 0.5) is 5.69 Å². The number of rotatable bonds is 6. The second-order valence-corrected chi connectivity index (χ2v) is 9.02. The molecule has 1 saturated heterocycles. The van der Waals surface area contributed by atoms with Crippen molar-refractivity contribution in [2.75, 3.05) is 18.6 Å². The highest BCUT2D eigenvalue weighted by atomic mass is 16.5. The molecule has 7 nitrogen and oxygen atoms in total. The van der Waals surface area contributed by atoms with Crippen molar-refractivity contribution in [1.29, 1.82) is 0 Å². The van der Waals surface area contributed by atoms with Gasteiger partial charge in [-0.2, -0.15) is 0 Å². The zero-order chi connectivity index (χ0) is 25.4. The quantitative estimate of drug-likeness (QED) is 0.299. The molecular weight excluding hydrogens is 458 g/mol. The van der Waals surface area contributed by atoms with Gasteiger partial charge in [0, 0.05) is 17.7 Å². The van der Waals surface area contributed by atoms with Crippen molar-refractivity contribution in [2.24, 2.45) is 0 Å². The molecule has 0 spiro atoms. The lowest BCUT2D eigenvalue weighted by Crippen LogP contribution is -2.29. The molecule has 2 aliphatic rings. The van der Waals surface area contributed by atoms with Crippen LogP contribution in [0.1, 0.15) is 36.6 Å². The van der Waals surface area contributed by atoms with Crippen molar-refractivity contribution in [3.63, 3.8) is 0 Å². The van der Waals surface area contributed by atoms with Crippen molar-refractivity contribution in [2.45, 2.75) is 32.4 Å². The van der Waals surface area contributed by atoms with Crippen molar-refractivity contribution in [3.8, 4) is 17.2 Å². The van der Waals surface area contributed by atoms with Gasteiger partial charge in [0.1, 0.15) is 23.0 Å². The average Bonchev–Trinajstić information content (AvgIpc) is 3.46. The molecule has 2 aliphatic heterocycles. The van der Waals surface area contributed by atoms with Gasteiger partial charge >= 0.3 is 0 Å². The van der Waals surface area contributed by atoms with E-state index >= 15 is 0 Å². The number of ether oxygens (including phenoxy) is 3. The third-order valence-corrected chi connectivity index (χ3v) is 6.33. The van der Waals surface area contributed by atoms with Gasteiger partial charge in [0.25, 0.3) is 11.7 Å². The molecule has 5 rings (SSSR count). The Morgan fingerprint density at radius 2 is 1.69 bits per heavy atom. The number of hydrogen-bond donors (Lipinski definition) is 1. The molecule has 1 atom stereocenters. The molecule has 0 aromatic heterocycles. The zero-order valence-corrected chi connectivity index (χ0v) is 20.4. The Hall–Kier alpha value is -4.26. The van der Waals surface area contributed by atoms with E-state index in [0.717, 1.165) is 17.7 Å². The minimum Gasteiger partial charge on any atom is -0.507 e. The Morgan fingerprint density at radius 1 is 1.00 bits per heavy atom. The summed E-state index contributed by atoms with van der Waals surface area (Å²) in [5, 5.41) is 11.4. The molecule has 1 fully saturated rings. The minimum absolute atomic E-state index is 0.00194. The Bertz CT molecular complexity index is 1340. The van der Waals surface area contributed by atoms with E-state index in [1.54, 1.807) is 67.8 Å². The van der Waals surface area contributed by atoms with Gasteiger partial charge in [-0.1, -0.05) is 12.1 Å². The van der Waals surface area contributed by atoms with E-state index in [4.69, 9.17) is 14.2 Å². The van der Waals surface area contributed by atoms with E-state index in [2.05, 4.69) is 0 Å². The summed E-state index contributed by atoms with van der Waals surface area (Å²) in [7, 11) is 1.57. The smallest absolute Gasteiger partial charge is 0.300 e. The first kappa shape index (κ1) is 23.5. The summed E-state index contributed by atoms with van der Waals surface area (Å²) >= 11 is 0. The van der Waals surface area contributed by atoms with E-state index in [1.807, 2.05) is 19.9 Å². The largest absolute Gasteiger partial charge is 0.507 e. The number of aliphatic hydroxyl groups excluding tert-OH is 1. The van der Waals surface area contributed by atoms with Crippen molar-refractivity contribution in [3.05, 3.63) is 89.0 Å². The molecule has 1 unspecified atom stereocenters. The van der Waals surface area contributed by atoms with Gasteiger partial charge in [-0.3, -0.25) is 14.5 Å². The molecule has 0 radical (unpaired) electrons. The van der Waals surface area contributed by atoms with Gasteiger partial charge in [-0.05, 0) is 79.6 Å². The first-order valence-corrected chi connectivity index (χ1v) is 11.8. The second-order valence-electron chi connectivity index (χ2n) is 9.02. The summed E-state index contributed by atoms with van der Waals surface area (Å²) in [4.78, 5) is 28.2. The average molecular weight is 486 g/mol. The Kier molecular flexibility index (Phi) is 6.14. The fourth-order valence-electron chi connectivity index (χ4n) is 4.65. The predicted molar refractivity (Wildman–Crippen MR) is 136 cm³/mol. The lowest BCUT2D eigenvalue weighted by atomic mass is 9.94. The van der Waals surface area contributed by atoms with Crippen LogP contribution >= 0.6 is 0 Å². The summed E-state index contributed by atoms with van der Waals surface area (Å²) in [6, 6.07) is 18.6. The SMILES string of the molecule is COc1ccc(C2/C(=C(/O)c3ccc4c(c3)CCO4)C(=O)C(=O)N2c2ccc(OC(C)C)cc2)cc1. The van der Waals surface area contributed by atoms with Crippen LogP contribution in [0.2, 0.25) is 0 Å². The summed E-state index contributed by atoms with van der Waals surface area (Å²) < 4.78 is 16.6. The van der Waals surface area contributed by atoms with E-state index < -0.39 is 17.7 Å². The lowest BCUT2D eigenvalue weighted by Gasteiger charge is -2.26. The standard InChI is InChI=1S/C29H27NO6/c1-17(2)36-23-11-7-21(8-12-23)30-26(18-4-9-22(34-3)10-5-18)25(28(32)29(30)33)27(31)20-6-13-24-19(16-20)14-15-35-24/h4-13,16-17,26,31H,14-15H2,1-3H3/b27-25-. The number of aliphatic hydroxyl groups is 1. The molecule has 184 valence electrons. The number of hydrogen-bond acceptors (Lipinski definition) is 6. The van der Waals surface area contributed by atoms with E-state index in [1.165, 1.54) is 4.90 Å². The molecule has 7 heteroatoms. The monoisotopic (exact) mass is 485 g/mol. The van der Waals surface area contributed by atoms with Crippen LogP contribution in [0.15, 0.2) is 72.3 Å². The number of benzene rings is 3. The molecule has 0 bridgehead atoms. The second kappa shape index (κ2) is 9.41. The van der Waals surface area contributed by atoms with Gasteiger partial charge in [-0.15, -0.1) is 0 Å². The summed E-state index contributed by atoms with van der Waals surface area (Å²) in [5.41, 5.74) is 2.65. The number of methoxy groups -OCH3 is 1. The molecule has 1 amide bonds. The Labute approximate surface area is 209 Å². The molecule has 2 heterocycles. The van der Waals surface area contributed by atoms with Crippen LogP contribution in [0, 0.1) is 0 Å². The summed E-state index contributed by atoms with van der Waals surface area (Å²) in [5.74, 6) is 0.400. The molecule has 36 heavy (non-hydrogen) atoms. The molecular formula is C29H27NO6. The van der Waals surface area contributed by atoms with E-state index in [9.17, 15) is 14.7 Å². The number of nitrogens with zero attached hydrogens (tertiary/aromatic N) is 1. The fraction of sp³-hybridized carbons (Fsp3) is 0.241. The van der Waals surface area contributed by atoms with Crippen LogP contribution in [0.3, 0.4) is 0 Å². The Morgan fingerprint density at radius 3 is 2.36 bits per heavy atom. The number of fused-ring (bicyclic) bond motifs is 1. The predicted octanol–water partition coefficient (Wildman–Crippen LogP) is 5.04. The number of carbonyl (C=O) groups excluding carboxylic acids is 2.